The molecule has 0 N–H and O–H groups in total. The third kappa shape index (κ3) is 4.55. The normalized spacial score (nSPS) is 11.4. The molecule has 2 rings (SSSR count). The molecule has 2 aromatic carbocycles. The van der Waals surface area contributed by atoms with Gasteiger partial charge in [0.1, 0.15) is 11.6 Å². The Bertz CT molecular complexity index is 723. The number of amides is 1. The predicted molar refractivity (Wildman–Crippen MR) is 84.1 cm³/mol. The second-order valence-corrected chi connectivity index (χ2v) is 5.22. The first kappa shape index (κ1) is 16.5. The molecule has 2 aromatic rings. The molecule has 118 valence electrons. The van der Waals surface area contributed by atoms with E-state index in [1.807, 2.05) is 6.07 Å². The molecule has 0 radical (unpaired) electrons. The second kappa shape index (κ2) is 7.41. The molecule has 0 bridgehead atoms. The van der Waals surface area contributed by atoms with Crippen molar-refractivity contribution >= 4 is 5.91 Å². The molecule has 1 unspecified atom stereocenters. The Morgan fingerprint density at radius 2 is 2.00 bits per heavy atom. The van der Waals surface area contributed by atoms with Gasteiger partial charge in [-0.1, -0.05) is 18.2 Å². The lowest BCUT2D eigenvalue weighted by Gasteiger charge is -2.22. The lowest BCUT2D eigenvalue weighted by molar-refractivity contribution is -0.137. The van der Waals surface area contributed by atoms with E-state index in [4.69, 9.17) is 10.00 Å². The molecule has 0 heterocycles. The van der Waals surface area contributed by atoms with E-state index in [1.54, 1.807) is 44.3 Å². The van der Waals surface area contributed by atoms with Crippen molar-refractivity contribution in [3.05, 3.63) is 65.5 Å². The zero-order valence-corrected chi connectivity index (χ0v) is 13.0. The average Bonchev–Trinajstić information content (AvgIpc) is 2.54. The number of ether oxygens (including phenoxy) is 1. The van der Waals surface area contributed by atoms with Gasteiger partial charge in [0.05, 0.1) is 11.6 Å². The van der Waals surface area contributed by atoms with Crippen LogP contribution in [0.15, 0.2) is 48.5 Å². The largest absolute Gasteiger partial charge is 0.481 e. The van der Waals surface area contributed by atoms with Crippen LogP contribution in [0.25, 0.3) is 0 Å². The molecule has 0 aliphatic rings. The summed E-state index contributed by atoms with van der Waals surface area (Å²) in [5.74, 6) is -0.302. The van der Waals surface area contributed by atoms with E-state index in [-0.39, 0.29) is 5.91 Å². The van der Waals surface area contributed by atoms with Crippen LogP contribution in [-0.4, -0.2) is 24.0 Å². The topological polar surface area (TPSA) is 53.3 Å². The number of nitriles is 1. The van der Waals surface area contributed by atoms with E-state index in [0.29, 0.717) is 17.9 Å². The van der Waals surface area contributed by atoms with Gasteiger partial charge in [-0.25, -0.2) is 4.39 Å². The molecule has 4 nitrogen and oxygen atoms in total. The van der Waals surface area contributed by atoms with Gasteiger partial charge in [0, 0.05) is 19.7 Å². The Hall–Kier alpha value is -2.87. The first-order valence-corrected chi connectivity index (χ1v) is 7.16. The van der Waals surface area contributed by atoms with Crippen LogP contribution < -0.4 is 4.74 Å². The average molecular weight is 312 g/mol. The summed E-state index contributed by atoms with van der Waals surface area (Å²) in [5.41, 5.74) is 1.49. The van der Waals surface area contributed by atoms with Crippen LogP contribution in [0, 0.1) is 17.1 Å². The minimum atomic E-state index is -0.722. The fourth-order valence-corrected chi connectivity index (χ4v) is 2.14. The standard InChI is InChI=1S/C18H17FN2O2/c1-13(23-17-5-3-4-16(19)10-17)18(22)21(2)12-15-8-6-14(11-20)7-9-15/h3-10,13H,12H2,1-2H3. The van der Waals surface area contributed by atoms with Gasteiger partial charge in [0.15, 0.2) is 6.10 Å². The number of nitrogens with zero attached hydrogens (tertiary/aromatic N) is 2. The minimum absolute atomic E-state index is 0.210. The molecule has 0 aliphatic carbocycles. The summed E-state index contributed by atoms with van der Waals surface area (Å²) in [6.45, 7) is 2.03. The van der Waals surface area contributed by atoms with Gasteiger partial charge < -0.3 is 9.64 Å². The van der Waals surface area contributed by atoms with Gasteiger partial charge in [-0.3, -0.25) is 4.79 Å². The quantitative estimate of drug-likeness (QED) is 0.852. The summed E-state index contributed by atoms with van der Waals surface area (Å²) in [4.78, 5) is 13.8. The summed E-state index contributed by atoms with van der Waals surface area (Å²) < 4.78 is 18.6. The molecule has 1 atom stereocenters. The lowest BCUT2D eigenvalue weighted by atomic mass is 10.1. The van der Waals surface area contributed by atoms with E-state index in [0.717, 1.165) is 5.56 Å². The number of hydrogen-bond acceptors (Lipinski definition) is 3. The van der Waals surface area contributed by atoms with Crippen molar-refractivity contribution in [2.45, 2.75) is 19.6 Å². The number of carbonyl (C=O) groups excluding carboxylic acids is 1. The minimum Gasteiger partial charge on any atom is -0.481 e. The summed E-state index contributed by atoms with van der Waals surface area (Å²) in [6.07, 6.45) is -0.722. The molecule has 1 amide bonds. The van der Waals surface area contributed by atoms with E-state index in [1.165, 1.54) is 23.1 Å². The van der Waals surface area contributed by atoms with Crippen LogP contribution >= 0.6 is 0 Å². The molecular formula is C18H17FN2O2. The number of benzene rings is 2. The second-order valence-electron chi connectivity index (χ2n) is 5.22. The Morgan fingerprint density at radius 3 is 2.61 bits per heavy atom. The Balaban J connectivity index is 1.96. The zero-order valence-electron chi connectivity index (χ0n) is 13.0. The molecule has 0 spiro atoms. The van der Waals surface area contributed by atoms with Crippen LogP contribution in [0.3, 0.4) is 0 Å². The fraction of sp³-hybridized carbons (Fsp3) is 0.222. The predicted octanol–water partition coefficient (Wildman–Crippen LogP) is 3.12. The van der Waals surface area contributed by atoms with Crippen LogP contribution in [0.4, 0.5) is 4.39 Å². The smallest absolute Gasteiger partial charge is 0.263 e. The number of carbonyl (C=O) groups is 1. The summed E-state index contributed by atoms with van der Waals surface area (Å²) in [7, 11) is 1.67. The maximum atomic E-state index is 13.1. The van der Waals surface area contributed by atoms with Crippen LogP contribution in [-0.2, 0) is 11.3 Å². The number of likely N-dealkylation sites (N-methyl/N-ethyl adjacent to an activating group) is 1. The van der Waals surface area contributed by atoms with E-state index in [9.17, 15) is 9.18 Å². The fourth-order valence-electron chi connectivity index (χ4n) is 2.14. The van der Waals surface area contributed by atoms with E-state index >= 15 is 0 Å². The first-order valence-electron chi connectivity index (χ1n) is 7.16. The van der Waals surface area contributed by atoms with Gasteiger partial charge in [-0.2, -0.15) is 5.26 Å². The first-order chi connectivity index (χ1) is 11.0. The highest BCUT2D eigenvalue weighted by Crippen LogP contribution is 2.15. The van der Waals surface area contributed by atoms with Gasteiger partial charge in [-0.05, 0) is 36.8 Å². The van der Waals surface area contributed by atoms with Crippen molar-refractivity contribution in [3.63, 3.8) is 0 Å². The van der Waals surface area contributed by atoms with Gasteiger partial charge >= 0.3 is 0 Å². The maximum absolute atomic E-state index is 13.1. The van der Waals surface area contributed by atoms with Crippen LogP contribution in [0.2, 0.25) is 0 Å². The van der Waals surface area contributed by atoms with E-state index < -0.39 is 11.9 Å². The number of rotatable bonds is 5. The summed E-state index contributed by atoms with van der Waals surface area (Å²) >= 11 is 0. The Labute approximate surface area is 134 Å². The lowest BCUT2D eigenvalue weighted by Crippen LogP contribution is -2.37. The van der Waals surface area contributed by atoms with Crippen LogP contribution in [0.1, 0.15) is 18.1 Å². The molecule has 0 aromatic heterocycles. The third-order valence-electron chi connectivity index (χ3n) is 3.34. The Morgan fingerprint density at radius 1 is 1.30 bits per heavy atom. The van der Waals surface area contributed by atoms with Gasteiger partial charge in [0.25, 0.3) is 5.91 Å². The highest BCUT2D eigenvalue weighted by Gasteiger charge is 2.19. The van der Waals surface area contributed by atoms with Crippen molar-refractivity contribution in [1.29, 1.82) is 5.26 Å². The van der Waals surface area contributed by atoms with Gasteiger partial charge in [0.2, 0.25) is 0 Å². The molecule has 23 heavy (non-hydrogen) atoms. The third-order valence-corrected chi connectivity index (χ3v) is 3.34. The van der Waals surface area contributed by atoms with Crippen molar-refractivity contribution in [3.8, 4) is 11.8 Å². The van der Waals surface area contributed by atoms with Crippen molar-refractivity contribution in [1.82, 2.24) is 4.90 Å². The monoisotopic (exact) mass is 312 g/mol. The molecule has 0 aliphatic heterocycles. The molecule has 0 saturated carbocycles. The molecular weight excluding hydrogens is 295 g/mol. The molecule has 0 saturated heterocycles. The maximum Gasteiger partial charge on any atom is 0.263 e. The van der Waals surface area contributed by atoms with E-state index in [2.05, 4.69) is 0 Å². The molecule has 0 fully saturated rings. The van der Waals surface area contributed by atoms with Crippen molar-refractivity contribution < 1.29 is 13.9 Å². The van der Waals surface area contributed by atoms with Gasteiger partial charge in [-0.15, -0.1) is 0 Å². The van der Waals surface area contributed by atoms with Crippen molar-refractivity contribution in [2.75, 3.05) is 7.05 Å². The Kier molecular flexibility index (Phi) is 5.32. The zero-order chi connectivity index (χ0) is 16.8. The number of hydrogen-bond donors (Lipinski definition) is 0. The molecule has 5 heteroatoms. The van der Waals surface area contributed by atoms with Crippen molar-refractivity contribution in [2.24, 2.45) is 0 Å². The highest BCUT2D eigenvalue weighted by molar-refractivity contribution is 5.80. The SMILES string of the molecule is CC(Oc1cccc(F)c1)C(=O)N(C)Cc1ccc(C#N)cc1. The summed E-state index contributed by atoms with van der Waals surface area (Å²) in [6, 6.07) is 14.8. The summed E-state index contributed by atoms with van der Waals surface area (Å²) in [5, 5.41) is 8.77. The number of halogens is 1. The highest BCUT2D eigenvalue weighted by atomic mass is 19.1. The van der Waals surface area contributed by atoms with Crippen LogP contribution in [0.5, 0.6) is 5.75 Å².